The predicted molar refractivity (Wildman–Crippen MR) is 110 cm³/mol. The Bertz CT molecular complexity index is 1130. The van der Waals surface area contributed by atoms with E-state index in [2.05, 4.69) is 9.97 Å². The first-order valence-electron chi connectivity index (χ1n) is 8.34. The minimum Gasteiger partial charge on any atom is -0.454 e. The maximum absolute atomic E-state index is 13.2. The summed E-state index contributed by atoms with van der Waals surface area (Å²) in [6, 6.07) is 11.0. The smallest absolute Gasteiger partial charge is 0.270 e. The molecule has 5 rings (SSSR count). The number of fused-ring (bicyclic) bond motifs is 2. The maximum atomic E-state index is 13.2. The molecule has 28 heavy (non-hydrogen) atoms. The summed E-state index contributed by atoms with van der Waals surface area (Å²) in [7, 11) is 0. The second-order valence-electron chi connectivity index (χ2n) is 6.03. The number of halogens is 1. The fraction of sp³-hybridized carbons (Fsp3) is 0.105. The highest BCUT2D eigenvalue weighted by atomic mass is 35.5. The molecule has 1 amide bonds. The number of anilines is 1. The second-order valence-corrected chi connectivity index (χ2v) is 8.75. The number of carbonyl (C=O) groups is 1. The van der Waals surface area contributed by atoms with Crippen LogP contribution in [0.4, 0.5) is 5.13 Å². The number of carbonyl (C=O) groups excluding carboxylic acids is 1. The van der Waals surface area contributed by atoms with Gasteiger partial charge in [-0.15, -0.1) is 11.3 Å². The lowest BCUT2D eigenvalue weighted by atomic mass is 10.2. The number of thiazole rings is 1. The topological polar surface area (TPSA) is 64.6 Å². The van der Waals surface area contributed by atoms with Crippen LogP contribution in [0.25, 0.3) is 10.2 Å². The number of hydrogen-bond acceptors (Lipinski definition) is 7. The molecule has 0 radical (unpaired) electrons. The fourth-order valence-electron chi connectivity index (χ4n) is 2.88. The molecule has 4 aromatic rings. The predicted octanol–water partition coefficient (Wildman–Crippen LogP) is 4.98. The Kier molecular flexibility index (Phi) is 4.38. The molecule has 0 N–H and O–H groups in total. The van der Waals surface area contributed by atoms with Crippen LogP contribution in [0.3, 0.4) is 0 Å². The molecule has 1 aromatic carbocycles. The van der Waals surface area contributed by atoms with Crippen molar-refractivity contribution in [3.05, 3.63) is 63.6 Å². The molecular formula is C19H12ClN3O3S2. The summed E-state index contributed by atoms with van der Waals surface area (Å²) in [5, 5.41) is 0.594. The van der Waals surface area contributed by atoms with Crippen LogP contribution in [0.2, 0.25) is 4.34 Å². The van der Waals surface area contributed by atoms with E-state index in [1.165, 1.54) is 22.7 Å². The van der Waals surface area contributed by atoms with E-state index in [0.717, 1.165) is 15.8 Å². The number of ether oxygens (including phenoxy) is 2. The Hall–Kier alpha value is -2.68. The van der Waals surface area contributed by atoms with Gasteiger partial charge in [0, 0.05) is 24.5 Å². The van der Waals surface area contributed by atoms with Crippen LogP contribution < -0.4 is 14.4 Å². The monoisotopic (exact) mass is 429 g/mol. The lowest BCUT2D eigenvalue weighted by molar-refractivity contribution is 0.0989. The maximum Gasteiger partial charge on any atom is 0.270 e. The van der Waals surface area contributed by atoms with Crippen molar-refractivity contribution >= 4 is 55.5 Å². The fourth-order valence-corrected chi connectivity index (χ4v) is 4.85. The third kappa shape index (κ3) is 3.19. The van der Waals surface area contributed by atoms with Crippen LogP contribution in [0.1, 0.15) is 15.2 Å². The van der Waals surface area contributed by atoms with Gasteiger partial charge in [0.05, 0.1) is 26.0 Å². The van der Waals surface area contributed by atoms with E-state index < -0.39 is 0 Å². The summed E-state index contributed by atoms with van der Waals surface area (Å²) in [6.45, 7) is 0.568. The van der Waals surface area contributed by atoms with Gasteiger partial charge in [0.15, 0.2) is 16.6 Å². The van der Waals surface area contributed by atoms with Crippen molar-refractivity contribution in [2.45, 2.75) is 6.54 Å². The van der Waals surface area contributed by atoms with Gasteiger partial charge in [0.2, 0.25) is 6.79 Å². The molecule has 1 aliphatic rings. The average Bonchev–Trinajstić information content (AvgIpc) is 3.43. The van der Waals surface area contributed by atoms with Gasteiger partial charge in [-0.2, -0.15) is 0 Å². The lowest BCUT2D eigenvalue weighted by Crippen LogP contribution is -2.29. The molecule has 140 valence electrons. The number of aromatic nitrogens is 2. The van der Waals surface area contributed by atoms with Crippen LogP contribution in [-0.4, -0.2) is 22.7 Å². The molecule has 0 fully saturated rings. The van der Waals surface area contributed by atoms with E-state index in [4.69, 9.17) is 21.1 Å². The van der Waals surface area contributed by atoms with Gasteiger partial charge in [-0.3, -0.25) is 14.7 Å². The van der Waals surface area contributed by atoms with Crippen molar-refractivity contribution in [1.29, 1.82) is 0 Å². The van der Waals surface area contributed by atoms with Gasteiger partial charge >= 0.3 is 0 Å². The summed E-state index contributed by atoms with van der Waals surface area (Å²) < 4.78 is 12.4. The molecule has 0 saturated carbocycles. The zero-order valence-corrected chi connectivity index (χ0v) is 16.7. The highest BCUT2D eigenvalue weighted by Crippen LogP contribution is 2.40. The number of thiophene rings is 1. The highest BCUT2D eigenvalue weighted by Gasteiger charge is 2.24. The van der Waals surface area contributed by atoms with E-state index in [9.17, 15) is 4.79 Å². The third-order valence-corrected chi connectivity index (χ3v) is 6.46. The molecule has 3 aromatic heterocycles. The number of rotatable bonds is 4. The number of nitrogens with zero attached hydrogens (tertiary/aromatic N) is 3. The number of pyridine rings is 1. The summed E-state index contributed by atoms with van der Waals surface area (Å²) in [5.74, 6) is 1.21. The molecule has 0 atom stereocenters. The van der Waals surface area contributed by atoms with Gasteiger partial charge in [-0.1, -0.05) is 29.0 Å². The molecule has 0 saturated heterocycles. The molecular weight excluding hydrogens is 418 g/mol. The average molecular weight is 430 g/mol. The zero-order valence-electron chi connectivity index (χ0n) is 14.3. The second kappa shape index (κ2) is 7.05. The third-order valence-electron chi connectivity index (χ3n) is 4.20. The van der Waals surface area contributed by atoms with Gasteiger partial charge < -0.3 is 9.47 Å². The first-order valence-corrected chi connectivity index (χ1v) is 10.3. The van der Waals surface area contributed by atoms with Gasteiger partial charge in [0.1, 0.15) is 0 Å². The SMILES string of the molecule is O=C(c1ccc(Cl)s1)N(Cc1cccnc1)c1nc2cc3c(cc2s1)OCO3. The minimum absolute atomic E-state index is 0.153. The Morgan fingerprint density at radius 1 is 1.18 bits per heavy atom. The van der Waals surface area contributed by atoms with Crippen molar-refractivity contribution in [3.8, 4) is 11.5 Å². The van der Waals surface area contributed by atoms with E-state index >= 15 is 0 Å². The van der Waals surface area contributed by atoms with Crippen molar-refractivity contribution in [2.75, 3.05) is 11.7 Å². The van der Waals surface area contributed by atoms with Crippen LogP contribution in [0, 0.1) is 0 Å². The van der Waals surface area contributed by atoms with Crippen molar-refractivity contribution < 1.29 is 14.3 Å². The van der Waals surface area contributed by atoms with Crippen LogP contribution in [0.5, 0.6) is 11.5 Å². The molecule has 0 unspecified atom stereocenters. The van der Waals surface area contributed by atoms with Crippen molar-refractivity contribution in [2.24, 2.45) is 0 Å². The highest BCUT2D eigenvalue weighted by molar-refractivity contribution is 7.22. The van der Waals surface area contributed by atoms with Gasteiger partial charge in [-0.05, 0) is 23.8 Å². The molecule has 0 bridgehead atoms. The summed E-state index contributed by atoms with van der Waals surface area (Å²) in [5.41, 5.74) is 1.67. The Labute approximate surface area is 172 Å². The standard InChI is InChI=1S/C19H12ClN3O3S2/c20-17-4-3-15(27-17)18(24)23(9-11-2-1-5-21-8-11)19-22-12-6-13-14(26-10-25-13)7-16(12)28-19/h1-8H,9-10H2. The van der Waals surface area contributed by atoms with E-state index in [0.29, 0.717) is 32.4 Å². The quantitative estimate of drug-likeness (QED) is 0.457. The molecule has 6 nitrogen and oxygen atoms in total. The van der Waals surface area contributed by atoms with E-state index in [1.807, 2.05) is 24.3 Å². The van der Waals surface area contributed by atoms with Crippen LogP contribution >= 0.6 is 34.3 Å². The first kappa shape index (κ1) is 17.4. The van der Waals surface area contributed by atoms with Crippen LogP contribution in [-0.2, 0) is 6.54 Å². The van der Waals surface area contributed by atoms with Gasteiger partial charge in [0.25, 0.3) is 5.91 Å². The summed E-state index contributed by atoms with van der Waals surface area (Å²) >= 11 is 8.71. The lowest BCUT2D eigenvalue weighted by Gasteiger charge is -2.19. The number of hydrogen-bond donors (Lipinski definition) is 0. The Morgan fingerprint density at radius 3 is 2.79 bits per heavy atom. The van der Waals surface area contributed by atoms with Crippen molar-refractivity contribution in [1.82, 2.24) is 9.97 Å². The normalized spacial score (nSPS) is 12.5. The molecule has 9 heteroatoms. The Morgan fingerprint density at radius 2 is 2.04 bits per heavy atom. The summed E-state index contributed by atoms with van der Waals surface area (Å²) in [4.78, 5) is 24.2. The molecule has 0 spiro atoms. The van der Waals surface area contributed by atoms with Crippen LogP contribution in [0.15, 0.2) is 48.8 Å². The van der Waals surface area contributed by atoms with E-state index in [1.54, 1.807) is 29.4 Å². The number of amides is 1. The molecule has 1 aliphatic heterocycles. The van der Waals surface area contributed by atoms with Crippen molar-refractivity contribution in [3.63, 3.8) is 0 Å². The first-order chi connectivity index (χ1) is 13.7. The van der Waals surface area contributed by atoms with Gasteiger partial charge in [-0.25, -0.2) is 4.98 Å². The molecule has 4 heterocycles. The van der Waals surface area contributed by atoms with E-state index in [-0.39, 0.29) is 12.7 Å². The zero-order chi connectivity index (χ0) is 19.1. The molecule has 0 aliphatic carbocycles. The minimum atomic E-state index is -0.153. The number of benzene rings is 1. The summed E-state index contributed by atoms with van der Waals surface area (Å²) in [6.07, 6.45) is 3.44. The largest absolute Gasteiger partial charge is 0.454 e. The Balaban J connectivity index is 1.57.